The Hall–Kier alpha value is -1.62. The van der Waals surface area contributed by atoms with E-state index in [4.69, 9.17) is 0 Å². The van der Waals surface area contributed by atoms with Gasteiger partial charge in [-0.3, -0.25) is 9.89 Å². The zero-order valence-corrected chi connectivity index (χ0v) is 12.0. The molecule has 2 aromatic heterocycles. The van der Waals surface area contributed by atoms with Crippen LogP contribution in [-0.4, -0.2) is 27.5 Å². The summed E-state index contributed by atoms with van der Waals surface area (Å²) in [5.74, 6) is 0.678. The van der Waals surface area contributed by atoms with Crippen LogP contribution in [0.3, 0.4) is 0 Å². The van der Waals surface area contributed by atoms with Crippen molar-refractivity contribution in [3.63, 3.8) is 0 Å². The maximum atomic E-state index is 12.7. The highest BCUT2D eigenvalue weighted by atomic mass is 32.1. The van der Waals surface area contributed by atoms with Gasteiger partial charge >= 0.3 is 0 Å². The van der Waals surface area contributed by atoms with Crippen LogP contribution in [0, 0.1) is 0 Å². The van der Waals surface area contributed by atoms with Gasteiger partial charge in [0.25, 0.3) is 5.91 Å². The Morgan fingerprint density at radius 2 is 2.30 bits per heavy atom. The predicted octanol–water partition coefficient (Wildman–Crippen LogP) is 3.33. The molecule has 0 unspecified atom stereocenters. The van der Waals surface area contributed by atoms with Gasteiger partial charge in [-0.15, -0.1) is 0 Å². The first-order chi connectivity index (χ1) is 9.83. The fourth-order valence-corrected chi connectivity index (χ4v) is 3.72. The summed E-state index contributed by atoms with van der Waals surface area (Å²) in [6, 6.07) is 4.30. The van der Waals surface area contributed by atoms with Crippen molar-refractivity contribution in [2.45, 2.75) is 37.6 Å². The van der Waals surface area contributed by atoms with Crippen molar-refractivity contribution < 1.29 is 4.79 Å². The topological polar surface area (TPSA) is 49.0 Å². The molecule has 1 saturated heterocycles. The average molecular weight is 287 g/mol. The number of nitrogens with one attached hydrogen (secondary N) is 1. The lowest BCUT2D eigenvalue weighted by Crippen LogP contribution is -2.30. The predicted molar refractivity (Wildman–Crippen MR) is 77.9 cm³/mol. The van der Waals surface area contributed by atoms with Crippen LogP contribution in [0.2, 0.25) is 0 Å². The van der Waals surface area contributed by atoms with Crippen molar-refractivity contribution in [3.05, 3.63) is 39.8 Å². The van der Waals surface area contributed by atoms with E-state index < -0.39 is 0 Å². The standard InChI is InChI=1S/C15H17N3OS/c19-15(13-8-12(16-17-13)10-3-4-10)18-6-1-2-14(18)11-5-7-20-9-11/h5,7-10,14H,1-4,6H2,(H,16,17)/t14-/m0/s1. The number of thiophene rings is 1. The summed E-state index contributed by atoms with van der Waals surface area (Å²) in [6.45, 7) is 0.838. The minimum atomic E-state index is 0.0712. The third-order valence-electron chi connectivity index (χ3n) is 4.28. The molecule has 1 aliphatic heterocycles. The summed E-state index contributed by atoms with van der Waals surface area (Å²) in [6.07, 6.45) is 4.57. The third kappa shape index (κ3) is 2.06. The Morgan fingerprint density at radius 1 is 1.40 bits per heavy atom. The van der Waals surface area contributed by atoms with Crippen molar-refractivity contribution >= 4 is 17.2 Å². The first-order valence-electron chi connectivity index (χ1n) is 7.21. The fourth-order valence-electron chi connectivity index (χ4n) is 3.02. The molecule has 0 spiro atoms. The van der Waals surface area contributed by atoms with Gasteiger partial charge in [0.2, 0.25) is 0 Å². The molecule has 2 aromatic rings. The molecule has 20 heavy (non-hydrogen) atoms. The quantitative estimate of drug-likeness (QED) is 0.941. The summed E-state index contributed by atoms with van der Waals surface area (Å²) >= 11 is 1.69. The van der Waals surface area contributed by atoms with Crippen molar-refractivity contribution in [1.29, 1.82) is 0 Å². The zero-order chi connectivity index (χ0) is 13.5. The van der Waals surface area contributed by atoms with E-state index >= 15 is 0 Å². The molecule has 2 fully saturated rings. The molecule has 1 aliphatic carbocycles. The van der Waals surface area contributed by atoms with Crippen LogP contribution in [-0.2, 0) is 0 Å². The van der Waals surface area contributed by atoms with E-state index in [2.05, 4.69) is 27.0 Å². The SMILES string of the molecule is O=C(c1cc(C2CC2)[nH]n1)N1CCC[C@H]1c1ccsc1. The van der Waals surface area contributed by atoms with Crippen LogP contribution in [0.1, 0.15) is 59.4 Å². The van der Waals surface area contributed by atoms with Crippen LogP contribution in [0.15, 0.2) is 22.9 Å². The van der Waals surface area contributed by atoms with E-state index in [0.29, 0.717) is 11.6 Å². The van der Waals surface area contributed by atoms with Gasteiger partial charge in [-0.25, -0.2) is 0 Å². The molecule has 4 nitrogen and oxygen atoms in total. The molecule has 0 aromatic carbocycles. The average Bonchev–Trinajstić information content (AvgIpc) is 2.96. The van der Waals surface area contributed by atoms with Gasteiger partial charge in [0, 0.05) is 18.2 Å². The van der Waals surface area contributed by atoms with Gasteiger partial charge in [-0.1, -0.05) is 0 Å². The highest BCUT2D eigenvalue weighted by Crippen LogP contribution is 2.39. The van der Waals surface area contributed by atoms with E-state index in [9.17, 15) is 4.79 Å². The Balaban J connectivity index is 1.57. The second kappa shape index (κ2) is 4.74. The lowest BCUT2D eigenvalue weighted by Gasteiger charge is -2.23. The van der Waals surface area contributed by atoms with Gasteiger partial charge in [0.05, 0.1) is 6.04 Å². The Bertz CT molecular complexity index is 615. The second-order valence-electron chi connectivity index (χ2n) is 5.70. The van der Waals surface area contributed by atoms with Gasteiger partial charge < -0.3 is 4.90 Å². The number of hydrogen-bond donors (Lipinski definition) is 1. The number of aromatic amines is 1. The molecule has 2 aliphatic rings. The van der Waals surface area contributed by atoms with Crippen molar-refractivity contribution in [1.82, 2.24) is 15.1 Å². The molecule has 1 N–H and O–H groups in total. The van der Waals surface area contributed by atoms with E-state index in [1.165, 1.54) is 18.4 Å². The summed E-state index contributed by atoms with van der Waals surface area (Å²) in [7, 11) is 0. The molecule has 0 bridgehead atoms. The highest BCUT2D eigenvalue weighted by Gasteiger charge is 2.33. The number of carbonyl (C=O) groups is 1. The second-order valence-corrected chi connectivity index (χ2v) is 6.48. The molecule has 1 atom stereocenters. The van der Waals surface area contributed by atoms with Crippen molar-refractivity contribution in [2.75, 3.05) is 6.54 Å². The fraction of sp³-hybridized carbons (Fsp3) is 0.467. The van der Waals surface area contributed by atoms with Crippen LogP contribution in [0.4, 0.5) is 0 Å². The molecule has 5 heteroatoms. The smallest absolute Gasteiger partial charge is 0.274 e. The summed E-state index contributed by atoms with van der Waals surface area (Å²) in [5, 5.41) is 11.5. The lowest BCUT2D eigenvalue weighted by atomic mass is 10.1. The monoisotopic (exact) mass is 287 g/mol. The molecular formula is C15H17N3OS. The Labute approximate surface area is 121 Å². The zero-order valence-electron chi connectivity index (χ0n) is 11.2. The number of H-pyrrole nitrogens is 1. The molecule has 3 heterocycles. The number of amides is 1. The van der Waals surface area contributed by atoms with E-state index in [-0.39, 0.29) is 11.9 Å². The minimum Gasteiger partial charge on any atom is -0.330 e. The molecule has 4 rings (SSSR count). The maximum absolute atomic E-state index is 12.7. The van der Waals surface area contributed by atoms with Gasteiger partial charge in [-0.05, 0) is 54.1 Å². The molecule has 0 radical (unpaired) electrons. The summed E-state index contributed by atoms with van der Waals surface area (Å²) < 4.78 is 0. The largest absolute Gasteiger partial charge is 0.330 e. The molecule has 1 amide bonds. The van der Waals surface area contributed by atoms with Crippen molar-refractivity contribution in [3.8, 4) is 0 Å². The molecule has 104 valence electrons. The van der Waals surface area contributed by atoms with E-state index in [1.807, 2.05) is 11.0 Å². The summed E-state index contributed by atoms with van der Waals surface area (Å²) in [4.78, 5) is 14.6. The van der Waals surface area contributed by atoms with Gasteiger partial charge in [-0.2, -0.15) is 16.4 Å². The van der Waals surface area contributed by atoms with Crippen LogP contribution in [0.5, 0.6) is 0 Å². The number of rotatable bonds is 3. The first-order valence-corrected chi connectivity index (χ1v) is 8.15. The summed E-state index contributed by atoms with van der Waals surface area (Å²) in [5.41, 5.74) is 2.97. The lowest BCUT2D eigenvalue weighted by molar-refractivity contribution is 0.0730. The third-order valence-corrected chi connectivity index (χ3v) is 4.98. The Morgan fingerprint density at radius 3 is 3.05 bits per heavy atom. The maximum Gasteiger partial charge on any atom is 0.274 e. The van der Waals surface area contributed by atoms with Crippen molar-refractivity contribution in [2.24, 2.45) is 0 Å². The molecular weight excluding hydrogens is 270 g/mol. The first kappa shape index (κ1) is 12.1. The molecule has 1 saturated carbocycles. The normalized spacial score (nSPS) is 22.4. The van der Waals surface area contributed by atoms with Gasteiger partial charge in [0.1, 0.15) is 5.69 Å². The Kier molecular flexibility index (Phi) is 2.88. The van der Waals surface area contributed by atoms with Crippen LogP contribution < -0.4 is 0 Å². The number of hydrogen-bond acceptors (Lipinski definition) is 3. The van der Waals surface area contributed by atoms with E-state index in [0.717, 1.165) is 25.1 Å². The van der Waals surface area contributed by atoms with E-state index in [1.54, 1.807) is 11.3 Å². The minimum absolute atomic E-state index is 0.0712. The number of nitrogens with zero attached hydrogens (tertiary/aromatic N) is 2. The number of aromatic nitrogens is 2. The number of likely N-dealkylation sites (tertiary alicyclic amines) is 1. The van der Waals surface area contributed by atoms with Gasteiger partial charge in [0.15, 0.2) is 0 Å². The number of carbonyl (C=O) groups excluding carboxylic acids is 1. The van der Waals surface area contributed by atoms with Crippen LogP contribution in [0.25, 0.3) is 0 Å². The van der Waals surface area contributed by atoms with Crippen LogP contribution >= 0.6 is 11.3 Å². The highest BCUT2D eigenvalue weighted by molar-refractivity contribution is 7.07.